The third-order valence-electron chi connectivity index (χ3n) is 3.36. The van der Waals surface area contributed by atoms with E-state index in [9.17, 15) is 15.0 Å². The summed E-state index contributed by atoms with van der Waals surface area (Å²) in [6.07, 6.45) is 0.822. The van der Waals surface area contributed by atoms with E-state index in [0.29, 0.717) is 0 Å². The molecule has 0 radical (unpaired) electrons. The van der Waals surface area contributed by atoms with Gasteiger partial charge in [0.1, 0.15) is 12.2 Å². The van der Waals surface area contributed by atoms with Gasteiger partial charge in [0, 0.05) is 12.4 Å². The molecule has 1 fully saturated rings. The molecule has 2 aromatic rings. The Labute approximate surface area is 106 Å². The van der Waals surface area contributed by atoms with Crippen molar-refractivity contribution in [2.24, 2.45) is 0 Å². The molecular weight excluding hydrogens is 254 g/mol. The SMILES string of the molecule is C[C@]1(n2ccn3c(=O)nc(N)nc23)OC[C@H](O)[C@@H]1O. The Morgan fingerprint density at radius 1 is 1.47 bits per heavy atom. The van der Waals surface area contributed by atoms with E-state index in [1.54, 1.807) is 6.92 Å². The summed E-state index contributed by atoms with van der Waals surface area (Å²) < 4.78 is 8.08. The van der Waals surface area contributed by atoms with Crippen molar-refractivity contribution in [1.29, 1.82) is 0 Å². The first-order valence-corrected chi connectivity index (χ1v) is 5.67. The minimum absolute atomic E-state index is 0.00714. The van der Waals surface area contributed by atoms with Gasteiger partial charge >= 0.3 is 5.69 Å². The van der Waals surface area contributed by atoms with Crippen molar-refractivity contribution in [3.05, 3.63) is 22.9 Å². The lowest BCUT2D eigenvalue weighted by Gasteiger charge is -2.29. The summed E-state index contributed by atoms with van der Waals surface area (Å²) in [5, 5.41) is 19.6. The maximum Gasteiger partial charge on any atom is 0.357 e. The van der Waals surface area contributed by atoms with Gasteiger partial charge in [-0.15, -0.1) is 0 Å². The summed E-state index contributed by atoms with van der Waals surface area (Å²) in [6, 6.07) is 0. The molecule has 3 atom stereocenters. The van der Waals surface area contributed by atoms with Gasteiger partial charge in [-0.1, -0.05) is 0 Å². The Bertz CT molecular complexity index is 695. The van der Waals surface area contributed by atoms with Crippen LogP contribution in [0.4, 0.5) is 5.95 Å². The number of rotatable bonds is 1. The van der Waals surface area contributed by atoms with Crippen LogP contribution in [0.3, 0.4) is 0 Å². The molecular formula is C10H13N5O4. The highest BCUT2D eigenvalue weighted by Crippen LogP contribution is 2.32. The minimum atomic E-state index is -1.22. The van der Waals surface area contributed by atoms with Gasteiger partial charge in [0.25, 0.3) is 0 Å². The summed E-state index contributed by atoms with van der Waals surface area (Å²) in [5.74, 6) is 0.0229. The predicted octanol–water partition coefficient (Wildman–Crippen LogP) is -2.10. The molecule has 19 heavy (non-hydrogen) atoms. The quantitative estimate of drug-likeness (QED) is 0.539. The van der Waals surface area contributed by atoms with Gasteiger partial charge in [0.15, 0.2) is 5.72 Å². The van der Waals surface area contributed by atoms with Gasteiger partial charge in [0.05, 0.1) is 6.61 Å². The van der Waals surface area contributed by atoms with Crippen molar-refractivity contribution in [2.75, 3.05) is 12.3 Å². The second kappa shape index (κ2) is 3.76. The second-order valence-electron chi connectivity index (χ2n) is 4.58. The lowest BCUT2D eigenvalue weighted by atomic mass is 10.1. The molecule has 4 N–H and O–H groups in total. The number of imidazole rings is 1. The van der Waals surface area contributed by atoms with E-state index >= 15 is 0 Å². The first kappa shape index (κ1) is 12.1. The Kier molecular flexibility index (Phi) is 2.39. The summed E-state index contributed by atoms with van der Waals surface area (Å²) >= 11 is 0. The number of nitrogen functional groups attached to an aromatic ring is 1. The van der Waals surface area contributed by atoms with Crippen LogP contribution in [0.5, 0.6) is 0 Å². The normalized spacial score (nSPS) is 31.1. The summed E-state index contributed by atoms with van der Waals surface area (Å²) in [6.45, 7) is 1.59. The zero-order chi connectivity index (χ0) is 13.8. The van der Waals surface area contributed by atoms with Crippen LogP contribution < -0.4 is 11.4 Å². The highest BCUT2D eigenvalue weighted by Gasteiger charge is 2.47. The van der Waals surface area contributed by atoms with E-state index < -0.39 is 23.6 Å². The van der Waals surface area contributed by atoms with Crippen LogP contribution in [-0.4, -0.2) is 48.0 Å². The Hall–Kier alpha value is -1.97. The van der Waals surface area contributed by atoms with Gasteiger partial charge in [-0.3, -0.25) is 4.57 Å². The van der Waals surface area contributed by atoms with Crippen molar-refractivity contribution in [2.45, 2.75) is 24.9 Å². The first-order valence-electron chi connectivity index (χ1n) is 5.67. The number of nitrogens with zero attached hydrogens (tertiary/aromatic N) is 4. The van der Waals surface area contributed by atoms with E-state index in [1.165, 1.54) is 21.4 Å². The Balaban J connectivity index is 2.24. The number of ether oxygens (including phenoxy) is 1. The van der Waals surface area contributed by atoms with Gasteiger partial charge in [0.2, 0.25) is 11.7 Å². The number of aliphatic hydroxyl groups excluding tert-OH is 2. The van der Waals surface area contributed by atoms with E-state index in [0.717, 1.165) is 0 Å². The van der Waals surface area contributed by atoms with Gasteiger partial charge in [-0.25, -0.2) is 9.20 Å². The molecule has 0 aromatic carbocycles. The van der Waals surface area contributed by atoms with E-state index in [2.05, 4.69) is 9.97 Å². The summed E-state index contributed by atoms with van der Waals surface area (Å²) in [4.78, 5) is 19.1. The smallest absolute Gasteiger partial charge is 0.357 e. The number of aromatic nitrogens is 4. The molecule has 102 valence electrons. The third-order valence-corrected chi connectivity index (χ3v) is 3.36. The molecule has 3 heterocycles. The fraction of sp³-hybridized carbons (Fsp3) is 0.500. The molecule has 1 saturated heterocycles. The van der Waals surface area contributed by atoms with Crippen molar-refractivity contribution in [3.63, 3.8) is 0 Å². The second-order valence-corrected chi connectivity index (χ2v) is 4.58. The summed E-state index contributed by atoms with van der Waals surface area (Å²) in [5.41, 5.74) is 3.66. The molecule has 1 aliphatic heterocycles. The fourth-order valence-electron chi connectivity index (χ4n) is 2.27. The molecule has 0 bridgehead atoms. The van der Waals surface area contributed by atoms with Crippen molar-refractivity contribution in [1.82, 2.24) is 18.9 Å². The highest BCUT2D eigenvalue weighted by molar-refractivity contribution is 5.35. The average Bonchev–Trinajstić information content (AvgIpc) is 2.88. The fourth-order valence-corrected chi connectivity index (χ4v) is 2.27. The highest BCUT2D eigenvalue weighted by atomic mass is 16.6. The molecule has 0 aliphatic carbocycles. The molecule has 0 unspecified atom stereocenters. The number of hydrogen-bond acceptors (Lipinski definition) is 7. The van der Waals surface area contributed by atoms with Crippen molar-refractivity contribution >= 4 is 11.7 Å². The zero-order valence-corrected chi connectivity index (χ0v) is 10.1. The Morgan fingerprint density at radius 2 is 2.21 bits per heavy atom. The molecule has 2 aromatic heterocycles. The van der Waals surface area contributed by atoms with Crippen LogP contribution in [0.2, 0.25) is 0 Å². The molecule has 9 heteroatoms. The number of anilines is 1. The Morgan fingerprint density at radius 3 is 2.84 bits per heavy atom. The van der Waals surface area contributed by atoms with Crippen LogP contribution in [-0.2, 0) is 10.5 Å². The molecule has 9 nitrogen and oxygen atoms in total. The van der Waals surface area contributed by atoms with E-state index in [-0.39, 0.29) is 18.3 Å². The molecule has 3 rings (SSSR count). The monoisotopic (exact) mass is 267 g/mol. The van der Waals surface area contributed by atoms with Gasteiger partial charge in [-0.2, -0.15) is 9.97 Å². The zero-order valence-electron chi connectivity index (χ0n) is 10.1. The van der Waals surface area contributed by atoms with E-state index in [1.807, 2.05) is 0 Å². The van der Waals surface area contributed by atoms with Gasteiger partial charge < -0.3 is 20.7 Å². The van der Waals surface area contributed by atoms with Crippen LogP contribution in [0.1, 0.15) is 6.92 Å². The average molecular weight is 267 g/mol. The standard InChI is InChI=1S/C10H13N5O4/c1-10(6(17)5(16)4-19-10)15-3-2-14-8(15)12-7(11)13-9(14)18/h2-3,5-6,16-17H,4H2,1H3,(H2,11,13,18)/t5-,6-,10-/m0/s1. The lowest BCUT2D eigenvalue weighted by Crippen LogP contribution is -2.43. The number of fused-ring (bicyclic) bond motifs is 1. The number of nitrogens with two attached hydrogens (primary N) is 1. The largest absolute Gasteiger partial charge is 0.388 e. The van der Waals surface area contributed by atoms with Crippen LogP contribution in [0.15, 0.2) is 17.2 Å². The summed E-state index contributed by atoms with van der Waals surface area (Å²) in [7, 11) is 0. The maximum atomic E-state index is 11.6. The third kappa shape index (κ3) is 1.56. The molecule has 1 aliphatic rings. The van der Waals surface area contributed by atoms with E-state index in [4.69, 9.17) is 10.5 Å². The maximum absolute atomic E-state index is 11.6. The minimum Gasteiger partial charge on any atom is -0.388 e. The molecule has 0 spiro atoms. The number of aliphatic hydroxyl groups is 2. The van der Waals surface area contributed by atoms with Crippen LogP contribution in [0, 0.1) is 0 Å². The number of hydrogen-bond donors (Lipinski definition) is 3. The first-order chi connectivity index (χ1) is 8.93. The van der Waals surface area contributed by atoms with Crippen LogP contribution in [0.25, 0.3) is 5.78 Å². The molecule has 0 saturated carbocycles. The topological polar surface area (TPSA) is 128 Å². The van der Waals surface area contributed by atoms with Crippen LogP contribution >= 0.6 is 0 Å². The molecule has 0 amide bonds. The predicted molar refractivity (Wildman–Crippen MR) is 63.3 cm³/mol. The van der Waals surface area contributed by atoms with Gasteiger partial charge in [-0.05, 0) is 6.92 Å². The van der Waals surface area contributed by atoms with Crippen molar-refractivity contribution < 1.29 is 14.9 Å². The lowest BCUT2D eigenvalue weighted by molar-refractivity contribution is -0.107. The van der Waals surface area contributed by atoms with Crippen molar-refractivity contribution in [3.8, 4) is 0 Å².